The third-order valence-electron chi connectivity index (χ3n) is 7.63. The second kappa shape index (κ2) is 19.6. The van der Waals surface area contributed by atoms with Crippen LogP contribution in [-0.4, -0.2) is 121 Å². The zero-order valence-corrected chi connectivity index (χ0v) is 36.7. The topological polar surface area (TPSA) is 192 Å². The van der Waals surface area contributed by atoms with Gasteiger partial charge in [-0.05, 0) is 95.2 Å². The number of likely N-dealkylation sites (tertiary alicyclic amines) is 1. The first kappa shape index (κ1) is 53.1. The molecule has 0 aromatic heterocycles. The maximum Gasteiger partial charge on any atom is 0.534 e. The smallest absolute Gasteiger partial charge is 0.444 e. The Kier molecular flexibility index (Phi) is 17.6. The van der Waals surface area contributed by atoms with Crippen LogP contribution in [0.2, 0.25) is 0 Å². The highest BCUT2D eigenvalue weighted by molar-refractivity contribution is 7.88. The number of amides is 3. The van der Waals surface area contributed by atoms with Crippen molar-refractivity contribution in [3.63, 3.8) is 0 Å². The van der Waals surface area contributed by atoms with Crippen LogP contribution in [0.5, 0.6) is 0 Å². The van der Waals surface area contributed by atoms with Crippen LogP contribution in [0.15, 0.2) is 23.7 Å². The number of ketones is 1. The number of hydrogen-bond acceptors (Lipinski definition) is 13. The van der Waals surface area contributed by atoms with Gasteiger partial charge in [0.25, 0.3) is 0 Å². The van der Waals surface area contributed by atoms with E-state index in [4.69, 9.17) is 14.2 Å². The number of rotatable bonds is 4. The fraction of sp³-hybridized carbons (Fsp3) is 0.771. The van der Waals surface area contributed by atoms with Gasteiger partial charge in [0, 0.05) is 57.4 Å². The van der Waals surface area contributed by atoms with E-state index in [1.165, 1.54) is 16.7 Å². The number of Topliss-reactive ketones (excluding diaryl/α,β-unsaturated/α-hetero) is 1. The van der Waals surface area contributed by atoms with Crippen molar-refractivity contribution < 1.29 is 84.9 Å². The Balaban J connectivity index is 0.000000451. The molecule has 0 saturated carbocycles. The lowest BCUT2D eigenvalue weighted by Gasteiger charge is -2.34. The predicted octanol–water partition coefficient (Wildman–Crippen LogP) is 7.51. The number of alkyl halides is 6. The Hall–Kier alpha value is -3.96. The minimum absolute atomic E-state index is 0.00467. The van der Waals surface area contributed by atoms with Crippen molar-refractivity contribution in [1.29, 1.82) is 0 Å². The summed E-state index contributed by atoms with van der Waals surface area (Å²) >= 11 is 0. The first-order valence-corrected chi connectivity index (χ1v) is 21.0. The summed E-state index contributed by atoms with van der Waals surface area (Å²) in [7, 11) is -11.4. The molecule has 342 valence electrons. The van der Waals surface area contributed by atoms with E-state index in [1.54, 1.807) is 53.4 Å². The number of carbonyl (C=O) groups is 4. The summed E-state index contributed by atoms with van der Waals surface area (Å²) in [5.41, 5.74) is -12.9. The van der Waals surface area contributed by atoms with E-state index in [2.05, 4.69) is 8.37 Å². The summed E-state index contributed by atoms with van der Waals surface area (Å²) in [6, 6.07) is -1.25. The van der Waals surface area contributed by atoms with Crippen LogP contribution in [0.1, 0.15) is 109 Å². The fourth-order valence-corrected chi connectivity index (χ4v) is 6.04. The summed E-state index contributed by atoms with van der Waals surface area (Å²) in [6.45, 7) is 20.9. The van der Waals surface area contributed by atoms with Gasteiger partial charge in [0.15, 0.2) is 0 Å². The largest absolute Gasteiger partial charge is 0.534 e. The highest BCUT2D eigenvalue weighted by Gasteiger charge is 2.50. The maximum absolute atomic E-state index is 12.3. The first-order chi connectivity index (χ1) is 26.2. The van der Waals surface area contributed by atoms with Gasteiger partial charge < -0.3 is 37.3 Å². The van der Waals surface area contributed by atoms with E-state index >= 15 is 0 Å². The Bertz CT molecular complexity index is 1770. The molecule has 59 heavy (non-hydrogen) atoms. The van der Waals surface area contributed by atoms with Crippen molar-refractivity contribution in [2.75, 3.05) is 19.6 Å². The van der Waals surface area contributed by atoms with Crippen LogP contribution < -0.4 is 0 Å². The quantitative estimate of drug-likeness (QED) is 0.117. The van der Waals surface area contributed by atoms with Crippen LogP contribution in [-0.2, 0) is 47.6 Å². The summed E-state index contributed by atoms with van der Waals surface area (Å²) in [6.07, 6.45) is 1.27. The zero-order chi connectivity index (χ0) is 46.3. The van der Waals surface area contributed by atoms with Gasteiger partial charge in [-0.1, -0.05) is 0 Å². The monoisotopic (exact) mass is 903 g/mol. The van der Waals surface area contributed by atoms with E-state index in [0.29, 0.717) is 19.4 Å². The molecule has 1 fully saturated rings. The van der Waals surface area contributed by atoms with Crippen molar-refractivity contribution in [2.45, 2.75) is 155 Å². The molecule has 0 bridgehead atoms. The molecular formula is C35H55F6N3O13S2. The minimum atomic E-state index is -5.69. The lowest BCUT2D eigenvalue weighted by Crippen LogP contribution is -2.46. The molecule has 0 aromatic rings. The van der Waals surface area contributed by atoms with Gasteiger partial charge >= 0.3 is 49.5 Å². The van der Waals surface area contributed by atoms with Crippen LogP contribution >= 0.6 is 0 Å². The van der Waals surface area contributed by atoms with Gasteiger partial charge in [-0.15, -0.1) is 0 Å². The molecule has 3 heterocycles. The zero-order valence-electron chi connectivity index (χ0n) is 35.1. The number of carbonyl (C=O) groups excluding carboxylic acids is 4. The standard InChI is InChI=1S/2C12H18F3NO5S.C11H19NO3/c2*1-8-7-9(21-22(18,19)12(13,14)15)5-6-16(8)10(17)20-11(2,3)4;1-8-7-9(13)5-6-12(8)10(14)15-11(2,3)4/h7-8H,5-6H2,1-4H3;5,8H,6-7H2,1-4H3;8H,5-7H2,1-4H3/t3*8-/m000/s1. The molecular weight excluding hydrogens is 849 g/mol. The van der Waals surface area contributed by atoms with Crippen molar-refractivity contribution in [3.8, 4) is 0 Å². The third-order valence-corrected chi connectivity index (χ3v) is 9.63. The summed E-state index contributed by atoms with van der Waals surface area (Å²) < 4.78 is 141. The van der Waals surface area contributed by atoms with E-state index in [0.717, 1.165) is 12.2 Å². The molecule has 0 aromatic carbocycles. The van der Waals surface area contributed by atoms with Crippen molar-refractivity contribution in [2.24, 2.45) is 0 Å². The van der Waals surface area contributed by atoms with E-state index < -0.39 is 72.3 Å². The van der Waals surface area contributed by atoms with Crippen LogP contribution in [0, 0.1) is 0 Å². The lowest BCUT2D eigenvalue weighted by atomic mass is 10.0. The molecule has 0 N–H and O–H groups in total. The highest BCUT2D eigenvalue weighted by Crippen LogP contribution is 2.31. The van der Waals surface area contributed by atoms with Crippen LogP contribution in [0.25, 0.3) is 0 Å². The van der Waals surface area contributed by atoms with Gasteiger partial charge in [-0.3, -0.25) is 4.79 Å². The van der Waals surface area contributed by atoms with Crippen molar-refractivity contribution in [3.05, 3.63) is 23.7 Å². The number of hydrogen-bond donors (Lipinski definition) is 0. The Morgan fingerprint density at radius 2 is 0.966 bits per heavy atom. The second-order valence-electron chi connectivity index (χ2n) is 16.6. The van der Waals surface area contributed by atoms with Gasteiger partial charge in [-0.25, -0.2) is 14.4 Å². The third kappa shape index (κ3) is 18.1. The average Bonchev–Trinajstić information content (AvgIpc) is 2.97. The maximum atomic E-state index is 12.3. The second-order valence-corrected chi connectivity index (χ2v) is 19.7. The molecule has 24 heteroatoms. The molecule has 3 aliphatic heterocycles. The SMILES string of the molecule is C[C@H]1C=C(OS(=O)(=O)C(F)(F)F)CCN1C(=O)OC(C)(C)C.C[C@H]1CC(=O)CCN1C(=O)OC(C)(C)C.C[C@H]1CC(OS(=O)(=O)C(F)(F)F)=CCN1C(=O)OC(C)(C)C. The minimum Gasteiger partial charge on any atom is -0.444 e. The number of halogens is 6. The van der Waals surface area contributed by atoms with Crippen LogP contribution in [0.4, 0.5) is 40.7 Å². The summed E-state index contributed by atoms with van der Waals surface area (Å²) in [5.74, 6) is -0.462. The normalized spacial score (nSPS) is 21.0. The average molecular weight is 904 g/mol. The van der Waals surface area contributed by atoms with Gasteiger partial charge in [0.05, 0.1) is 6.04 Å². The Morgan fingerprint density at radius 1 is 0.593 bits per heavy atom. The van der Waals surface area contributed by atoms with Gasteiger partial charge in [0.2, 0.25) is 0 Å². The van der Waals surface area contributed by atoms with Crippen molar-refractivity contribution >= 4 is 44.3 Å². The molecule has 3 aliphatic rings. The number of piperidine rings is 1. The summed E-state index contributed by atoms with van der Waals surface area (Å²) in [4.78, 5) is 50.9. The van der Waals surface area contributed by atoms with Gasteiger partial charge in [-0.2, -0.15) is 43.2 Å². The molecule has 3 amide bonds. The van der Waals surface area contributed by atoms with Crippen LogP contribution in [0.3, 0.4) is 0 Å². The molecule has 0 spiro atoms. The highest BCUT2D eigenvalue weighted by atomic mass is 32.2. The van der Waals surface area contributed by atoms with E-state index in [9.17, 15) is 62.4 Å². The molecule has 3 atom stereocenters. The van der Waals surface area contributed by atoms with E-state index in [-0.39, 0.29) is 55.4 Å². The molecule has 0 aliphatic carbocycles. The fourth-order valence-electron chi connectivity index (χ4n) is 5.01. The molecule has 1 saturated heterocycles. The number of ether oxygens (including phenoxy) is 3. The lowest BCUT2D eigenvalue weighted by molar-refractivity contribution is -0.122. The number of nitrogens with zero attached hydrogens (tertiary/aromatic N) is 3. The Morgan fingerprint density at radius 3 is 1.34 bits per heavy atom. The summed E-state index contributed by atoms with van der Waals surface area (Å²) in [5, 5.41) is 0. The first-order valence-electron chi connectivity index (χ1n) is 18.2. The molecule has 3 rings (SSSR count). The van der Waals surface area contributed by atoms with Gasteiger partial charge in [0.1, 0.15) is 34.1 Å². The molecule has 0 radical (unpaired) electrons. The molecule has 0 unspecified atom stereocenters. The molecule has 16 nitrogen and oxygen atoms in total. The predicted molar refractivity (Wildman–Crippen MR) is 199 cm³/mol. The van der Waals surface area contributed by atoms with E-state index in [1.807, 2.05) is 27.7 Å². The Labute approximate surface area is 341 Å². The van der Waals surface area contributed by atoms with Crippen molar-refractivity contribution in [1.82, 2.24) is 14.7 Å².